The van der Waals surface area contributed by atoms with Gasteiger partial charge in [-0.05, 0) is 29.3 Å². The van der Waals surface area contributed by atoms with Crippen molar-refractivity contribution in [2.45, 2.75) is 31.8 Å². The number of halogens is 2. The van der Waals surface area contributed by atoms with Gasteiger partial charge in [-0.3, -0.25) is 14.4 Å². The Hall–Kier alpha value is -2.74. The highest BCUT2D eigenvalue weighted by molar-refractivity contribution is 9.10. The van der Waals surface area contributed by atoms with Gasteiger partial charge in [0.05, 0.1) is 0 Å². The second-order valence-corrected chi connectivity index (χ2v) is 7.20. The summed E-state index contributed by atoms with van der Waals surface area (Å²) in [6, 6.07) is 11.1. The van der Waals surface area contributed by atoms with Crippen molar-refractivity contribution in [2.75, 3.05) is 0 Å². The molecule has 0 heterocycles. The first-order valence-corrected chi connectivity index (χ1v) is 9.40. The number of carbonyl (C=O) groups is 3. The van der Waals surface area contributed by atoms with E-state index >= 15 is 0 Å². The molecule has 0 aliphatic rings. The molecule has 8 heteroatoms. The third-order valence-electron chi connectivity index (χ3n) is 4.06. The number of hydrogen-bond donors (Lipinski definition) is 3. The van der Waals surface area contributed by atoms with E-state index < -0.39 is 35.6 Å². The predicted molar refractivity (Wildman–Crippen MR) is 107 cm³/mol. The Bertz CT molecular complexity index is 875. The van der Waals surface area contributed by atoms with Gasteiger partial charge in [-0.15, -0.1) is 0 Å². The van der Waals surface area contributed by atoms with Crippen LogP contribution in [0.5, 0.6) is 0 Å². The smallest absolute Gasteiger partial charge is 0.243 e. The third kappa shape index (κ3) is 6.45. The van der Waals surface area contributed by atoms with E-state index in [0.717, 1.165) is 10.0 Å². The quantitative estimate of drug-likeness (QED) is 0.572. The standard InChI is InChI=1S/C20H21BrFN3O3/c1-12(26)24-18(10-13-5-4-7-15(22)9-13)20(28)25-17(19(23)27)11-14-6-2-3-8-16(14)21/h2-9,17-18H,10-11H2,1H3,(H2,23,27)(H,24,26)(H,25,28)/t17-,18-/m1/s1. The predicted octanol–water partition coefficient (Wildman–Crippen LogP) is 1.85. The van der Waals surface area contributed by atoms with E-state index in [4.69, 9.17) is 5.73 Å². The van der Waals surface area contributed by atoms with Crippen molar-refractivity contribution < 1.29 is 18.8 Å². The van der Waals surface area contributed by atoms with Gasteiger partial charge in [0.2, 0.25) is 17.7 Å². The molecular formula is C20H21BrFN3O3. The molecule has 2 aromatic carbocycles. The van der Waals surface area contributed by atoms with Crippen molar-refractivity contribution in [1.82, 2.24) is 10.6 Å². The fourth-order valence-electron chi connectivity index (χ4n) is 2.73. The van der Waals surface area contributed by atoms with E-state index in [1.165, 1.54) is 25.1 Å². The van der Waals surface area contributed by atoms with Crippen molar-refractivity contribution >= 4 is 33.7 Å². The first kappa shape index (κ1) is 21.6. The summed E-state index contributed by atoms with van der Waals surface area (Å²) >= 11 is 3.40. The molecule has 2 rings (SSSR count). The minimum absolute atomic E-state index is 0.0731. The summed E-state index contributed by atoms with van der Waals surface area (Å²) in [5.41, 5.74) is 6.79. The van der Waals surface area contributed by atoms with Gasteiger partial charge in [0.15, 0.2) is 0 Å². The average molecular weight is 450 g/mol. The van der Waals surface area contributed by atoms with Crippen LogP contribution < -0.4 is 16.4 Å². The topological polar surface area (TPSA) is 101 Å². The van der Waals surface area contributed by atoms with E-state index in [1.54, 1.807) is 6.07 Å². The van der Waals surface area contributed by atoms with Crippen LogP contribution in [0.1, 0.15) is 18.1 Å². The van der Waals surface area contributed by atoms with Crippen LogP contribution in [0, 0.1) is 5.82 Å². The molecule has 4 N–H and O–H groups in total. The van der Waals surface area contributed by atoms with Gasteiger partial charge >= 0.3 is 0 Å². The zero-order valence-electron chi connectivity index (χ0n) is 15.2. The van der Waals surface area contributed by atoms with Gasteiger partial charge in [0.1, 0.15) is 17.9 Å². The van der Waals surface area contributed by atoms with E-state index in [0.29, 0.717) is 5.56 Å². The molecule has 3 amide bonds. The highest BCUT2D eigenvalue weighted by Crippen LogP contribution is 2.17. The van der Waals surface area contributed by atoms with Crippen LogP contribution in [0.3, 0.4) is 0 Å². The maximum absolute atomic E-state index is 13.4. The Morgan fingerprint density at radius 2 is 1.75 bits per heavy atom. The van der Waals surface area contributed by atoms with Crippen molar-refractivity contribution in [3.05, 3.63) is 69.9 Å². The van der Waals surface area contributed by atoms with E-state index in [1.807, 2.05) is 24.3 Å². The summed E-state index contributed by atoms with van der Waals surface area (Å²) in [4.78, 5) is 36.1. The molecule has 28 heavy (non-hydrogen) atoms. The van der Waals surface area contributed by atoms with Crippen molar-refractivity contribution in [1.29, 1.82) is 0 Å². The molecule has 148 valence electrons. The summed E-state index contributed by atoms with van der Waals surface area (Å²) in [7, 11) is 0. The van der Waals surface area contributed by atoms with E-state index in [-0.39, 0.29) is 12.8 Å². The molecule has 0 aliphatic heterocycles. The molecule has 0 spiro atoms. The van der Waals surface area contributed by atoms with Gasteiger partial charge in [0.25, 0.3) is 0 Å². The van der Waals surface area contributed by atoms with E-state index in [9.17, 15) is 18.8 Å². The van der Waals surface area contributed by atoms with Crippen molar-refractivity contribution in [2.24, 2.45) is 5.73 Å². The molecule has 0 saturated heterocycles. The molecule has 0 radical (unpaired) electrons. The average Bonchev–Trinajstić information content (AvgIpc) is 2.61. The van der Waals surface area contributed by atoms with Gasteiger partial charge in [-0.1, -0.05) is 46.3 Å². The zero-order chi connectivity index (χ0) is 20.7. The second kappa shape index (κ2) is 9.98. The highest BCUT2D eigenvalue weighted by Gasteiger charge is 2.26. The van der Waals surface area contributed by atoms with Gasteiger partial charge in [0, 0.05) is 24.2 Å². The van der Waals surface area contributed by atoms with Gasteiger partial charge < -0.3 is 16.4 Å². The van der Waals surface area contributed by atoms with Crippen LogP contribution in [-0.4, -0.2) is 29.8 Å². The number of amides is 3. The molecule has 0 aromatic heterocycles. The molecule has 0 fully saturated rings. The molecule has 2 atom stereocenters. The highest BCUT2D eigenvalue weighted by atomic mass is 79.9. The number of nitrogens with two attached hydrogens (primary N) is 1. The first-order chi connectivity index (χ1) is 13.3. The molecule has 6 nitrogen and oxygen atoms in total. The Labute approximate surface area is 170 Å². The molecule has 0 bridgehead atoms. The summed E-state index contributed by atoms with van der Waals surface area (Å²) in [6.07, 6.45) is 0.263. The monoisotopic (exact) mass is 449 g/mol. The van der Waals surface area contributed by atoms with E-state index in [2.05, 4.69) is 26.6 Å². The Morgan fingerprint density at radius 1 is 1.04 bits per heavy atom. The number of benzene rings is 2. The molecule has 0 saturated carbocycles. The number of rotatable bonds is 8. The maximum Gasteiger partial charge on any atom is 0.243 e. The molecule has 0 unspecified atom stereocenters. The second-order valence-electron chi connectivity index (χ2n) is 6.35. The SMILES string of the molecule is CC(=O)N[C@H](Cc1cccc(F)c1)C(=O)N[C@H](Cc1ccccc1Br)C(N)=O. The molecular weight excluding hydrogens is 429 g/mol. The van der Waals surface area contributed by atoms with Gasteiger partial charge in [-0.25, -0.2) is 4.39 Å². The van der Waals surface area contributed by atoms with Crippen LogP contribution >= 0.6 is 15.9 Å². The van der Waals surface area contributed by atoms with Gasteiger partial charge in [-0.2, -0.15) is 0 Å². The summed E-state index contributed by atoms with van der Waals surface area (Å²) < 4.78 is 14.2. The summed E-state index contributed by atoms with van der Waals surface area (Å²) in [6.45, 7) is 1.28. The molecule has 2 aromatic rings. The van der Waals surface area contributed by atoms with Crippen LogP contribution in [0.15, 0.2) is 53.0 Å². The number of carbonyl (C=O) groups excluding carboxylic acids is 3. The zero-order valence-corrected chi connectivity index (χ0v) is 16.8. The van der Waals surface area contributed by atoms with Crippen LogP contribution in [-0.2, 0) is 27.2 Å². The third-order valence-corrected chi connectivity index (χ3v) is 4.84. The largest absolute Gasteiger partial charge is 0.368 e. The fraction of sp³-hybridized carbons (Fsp3) is 0.250. The Kier molecular flexibility index (Phi) is 7.69. The summed E-state index contributed by atoms with van der Waals surface area (Å²) in [5, 5.41) is 5.12. The maximum atomic E-state index is 13.4. The number of hydrogen-bond acceptors (Lipinski definition) is 3. The van der Waals surface area contributed by atoms with Crippen molar-refractivity contribution in [3.63, 3.8) is 0 Å². The number of primary amides is 1. The lowest BCUT2D eigenvalue weighted by molar-refractivity contribution is -0.130. The Balaban J connectivity index is 2.15. The van der Waals surface area contributed by atoms with Crippen LogP contribution in [0.25, 0.3) is 0 Å². The first-order valence-electron chi connectivity index (χ1n) is 8.61. The van der Waals surface area contributed by atoms with Crippen LogP contribution in [0.4, 0.5) is 4.39 Å². The summed E-state index contributed by atoms with van der Waals surface area (Å²) in [5.74, 6) is -2.13. The number of nitrogens with one attached hydrogen (secondary N) is 2. The lowest BCUT2D eigenvalue weighted by Crippen LogP contribution is -2.54. The lowest BCUT2D eigenvalue weighted by atomic mass is 10.0. The normalized spacial score (nSPS) is 12.7. The Morgan fingerprint density at radius 3 is 2.36 bits per heavy atom. The lowest BCUT2D eigenvalue weighted by Gasteiger charge is -2.22. The molecule has 0 aliphatic carbocycles. The van der Waals surface area contributed by atoms with Crippen molar-refractivity contribution in [3.8, 4) is 0 Å². The fourth-order valence-corrected chi connectivity index (χ4v) is 3.18. The minimum atomic E-state index is -0.972. The minimum Gasteiger partial charge on any atom is -0.368 e. The van der Waals surface area contributed by atoms with Crippen LogP contribution in [0.2, 0.25) is 0 Å².